The summed E-state index contributed by atoms with van der Waals surface area (Å²) in [5.41, 5.74) is 5.39. The number of carbonyl (C=O) groups is 1. The maximum absolute atomic E-state index is 10.6. The van der Waals surface area contributed by atoms with Crippen LogP contribution in [-0.4, -0.2) is 61.7 Å². The van der Waals surface area contributed by atoms with Gasteiger partial charge in [-0.1, -0.05) is 47.7 Å². The van der Waals surface area contributed by atoms with E-state index in [1.165, 1.54) is 5.56 Å². The smallest absolute Gasteiger partial charge is 0.475 e. The summed E-state index contributed by atoms with van der Waals surface area (Å²) in [6.45, 7) is 3.25. The van der Waals surface area contributed by atoms with Crippen LogP contribution in [0.2, 0.25) is 0 Å². The predicted molar refractivity (Wildman–Crippen MR) is 120 cm³/mol. The van der Waals surface area contributed by atoms with Crippen molar-refractivity contribution in [1.82, 2.24) is 24.7 Å². The van der Waals surface area contributed by atoms with Crippen LogP contribution in [0.3, 0.4) is 0 Å². The summed E-state index contributed by atoms with van der Waals surface area (Å²) in [6, 6.07) is 18.6. The Balaban J connectivity index is 0.000000364. The van der Waals surface area contributed by atoms with Crippen molar-refractivity contribution in [2.24, 2.45) is 0 Å². The van der Waals surface area contributed by atoms with E-state index in [4.69, 9.17) is 14.6 Å². The van der Waals surface area contributed by atoms with Crippen LogP contribution in [-0.2, 0) is 16.1 Å². The molecular weight excluding hydrogens is 463 g/mol. The second-order valence-electron chi connectivity index (χ2n) is 7.85. The molecule has 182 valence electrons. The fourth-order valence-electron chi connectivity index (χ4n) is 3.71. The van der Waals surface area contributed by atoms with Crippen LogP contribution in [0.4, 0.5) is 13.2 Å². The van der Waals surface area contributed by atoms with Crippen LogP contribution in [0.25, 0.3) is 16.6 Å². The van der Waals surface area contributed by atoms with Gasteiger partial charge in [0.05, 0.1) is 12.1 Å². The Labute approximate surface area is 198 Å². The number of carboxylic acids is 1. The van der Waals surface area contributed by atoms with Crippen molar-refractivity contribution in [1.29, 1.82) is 0 Å². The Kier molecular flexibility index (Phi) is 7.37. The summed E-state index contributed by atoms with van der Waals surface area (Å²) in [4.78, 5) is 15.5. The average molecular weight is 485 g/mol. The largest absolute Gasteiger partial charge is 0.490 e. The number of halogens is 3. The first-order valence-electron chi connectivity index (χ1n) is 10.7. The van der Waals surface area contributed by atoms with Gasteiger partial charge in [0.1, 0.15) is 11.8 Å². The lowest BCUT2D eigenvalue weighted by molar-refractivity contribution is -0.192. The summed E-state index contributed by atoms with van der Waals surface area (Å²) in [5, 5.41) is 15.9. The number of fused-ring (bicyclic) bond motifs is 1. The zero-order valence-electron chi connectivity index (χ0n) is 18.5. The van der Waals surface area contributed by atoms with Crippen molar-refractivity contribution >= 4 is 11.5 Å². The molecule has 1 atom stereocenters. The normalized spacial score (nSPS) is 16.5. The van der Waals surface area contributed by atoms with E-state index >= 15 is 0 Å². The quantitative estimate of drug-likeness (QED) is 0.467. The number of alkyl halides is 3. The average Bonchev–Trinajstić information content (AvgIpc) is 3.29. The Hall–Kier alpha value is -3.83. The lowest BCUT2D eigenvalue weighted by atomic mass is 10.1. The Morgan fingerprint density at radius 3 is 2.54 bits per heavy atom. The summed E-state index contributed by atoms with van der Waals surface area (Å²) >= 11 is 0. The van der Waals surface area contributed by atoms with Crippen LogP contribution < -0.4 is 0 Å². The molecule has 1 unspecified atom stereocenters. The molecule has 0 saturated carbocycles. The van der Waals surface area contributed by atoms with Gasteiger partial charge in [0, 0.05) is 43.8 Å². The van der Waals surface area contributed by atoms with Crippen molar-refractivity contribution in [3.63, 3.8) is 0 Å². The number of carboxylic acid groups (broad SMARTS) is 1. The third kappa shape index (κ3) is 6.19. The topological polar surface area (TPSA) is 92.8 Å². The second-order valence-corrected chi connectivity index (χ2v) is 7.85. The molecule has 8 nitrogen and oxygen atoms in total. The van der Waals surface area contributed by atoms with E-state index in [9.17, 15) is 13.2 Å². The van der Waals surface area contributed by atoms with E-state index in [2.05, 4.69) is 50.5 Å². The first kappa shape index (κ1) is 24.3. The van der Waals surface area contributed by atoms with E-state index in [0.717, 1.165) is 42.0 Å². The van der Waals surface area contributed by atoms with Crippen LogP contribution >= 0.6 is 0 Å². The van der Waals surface area contributed by atoms with Crippen molar-refractivity contribution in [3.8, 4) is 11.1 Å². The SMILES string of the molecule is O=C(O)C(F)(F)F.c1ccc(-c2ccc3c(C4CN(Cc5cccnc5)CCO4)nnn3c2)cc1. The van der Waals surface area contributed by atoms with Crippen LogP contribution in [0.15, 0.2) is 73.2 Å². The summed E-state index contributed by atoms with van der Waals surface area (Å²) in [5.74, 6) is -2.76. The number of ether oxygens (including phenoxy) is 1. The third-order valence-corrected chi connectivity index (χ3v) is 5.37. The van der Waals surface area contributed by atoms with Crippen molar-refractivity contribution in [3.05, 3.63) is 84.4 Å². The number of nitrogens with zero attached hydrogens (tertiary/aromatic N) is 5. The van der Waals surface area contributed by atoms with Crippen molar-refractivity contribution in [2.45, 2.75) is 18.8 Å². The molecule has 5 rings (SSSR count). The molecule has 35 heavy (non-hydrogen) atoms. The highest BCUT2D eigenvalue weighted by Gasteiger charge is 2.38. The molecule has 11 heteroatoms. The molecule has 0 amide bonds. The van der Waals surface area contributed by atoms with Gasteiger partial charge in [-0.2, -0.15) is 13.2 Å². The van der Waals surface area contributed by atoms with Crippen molar-refractivity contribution < 1.29 is 27.8 Å². The summed E-state index contributed by atoms with van der Waals surface area (Å²) in [6.07, 6.45) is 0.587. The maximum Gasteiger partial charge on any atom is 0.490 e. The minimum atomic E-state index is -5.08. The number of morpholine rings is 1. The highest BCUT2D eigenvalue weighted by atomic mass is 19.4. The second kappa shape index (κ2) is 10.6. The number of benzene rings is 1. The molecule has 1 N–H and O–H groups in total. The fraction of sp³-hybridized carbons (Fsp3) is 0.250. The van der Waals surface area contributed by atoms with Gasteiger partial charge in [-0.25, -0.2) is 9.31 Å². The predicted octanol–water partition coefficient (Wildman–Crippen LogP) is 4.00. The zero-order chi connectivity index (χ0) is 24.8. The standard InChI is InChI=1S/C22H21N5O.C2HF3O2/c1-2-6-18(7-3-1)19-8-9-20-22(24-25-27(20)15-19)21-16-26(11-12-28-21)14-17-5-4-10-23-13-17;3-2(4,5)1(6)7/h1-10,13,15,21H,11-12,14,16H2;(H,6,7). The van der Waals surface area contributed by atoms with Gasteiger partial charge in [0.25, 0.3) is 0 Å². The minimum Gasteiger partial charge on any atom is -0.475 e. The highest BCUT2D eigenvalue weighted by Crippen LogP contribution is 2.27. The lowest BCUT2D eigenvalue weighted by Crippen LogP contribution is -2.38. The van der Waals surface area contributed by atoms with Crippen molar-refractivity contribution in [2.75, 3.05) is 19.7 Å². The molecule has 0 aliphatic carbocycles. The Morgan fingerprint density at radius 2 is 1.86 bits per heavy atom. The number of aromatic nitrogens is 4. The number of hydrogen-bond donors (Lipinski definition) is 1. The Bertz CT molecular complexity index is 1270. The molecule has 1 aliphatic rings. The summed E-state index contributed by atoms with van der Waals surface area (Å²) in [7, 11) is 0. The minimum absolute atomic E-state index is 0.0782. The molecule has 0 spiro atoms. The Morgan fingerprint density at radius 1 is 1.09 bits per heavy atom. The van der Waals surface area contributed by atoms with Gasteiger partial charge in [0.2, 0.25) is 0 Å². The van der Waals surface area contributed by atoms with E-state index in [0.29, 0.717) is 6.61 Å². The molecule has 1 aromatic carbocycles. The molecule has 1 aliphatic heterocycles. The third-order valence-electron chi connectivity index (χ3n) is 5.37. The van der Waals surface area contributed by atoms with Crippen LogP contribution in [0.1, 0.15) is 17.4 Å². The molecule has 0 bridgehead atoms. The van der Waals surface area contributed by atoms with Crippen LogP contribution in [0.5, 0.6) is 0 Å². The molecule has 1 fully saturated rings. The van der Waals surface area contributed by atoms with Gasteiger partial charge in [0.15, 0.2) is 0 Å². The molecular formula is C24H22F3N5O3. The number of hydrogen-bond acceptors (Lipinski definition) is 6. The van der Waals surface area contributed by atoms with E-state index in [1.54, 1.807) is 6.20 Å². The first-order valence-corrected chi connectivity index (χ1v) is 10.7. The lowest BCUT2D eigenvalue weighted by Gasteiger charge is -2.32. The van der Waals surface area contributed by atoms with Crippen LogP contribution in [0, 0.1) is 0 Å². The maximum atomic E-state index is 10.6. The van der Waals surface area contributed by atoms with Gasteiger partial charge in [-0.15, -0.1) is 5.10 Å². The molecule has 0 radical (unpaired) electrons. The molecule has 4 heterocycles. The molecule has 1 saturated heterocycles. The monoisotopic (exact) mass is 485 g/mol. The highest BCUT2D eigenvalue weighted by molar-refractivity contribution is 5.73. The van der Waals surface area contributed by atoms with E-state index < -0.39 is 12.1 Å². The molecule has 4 aromatic rings. The van der Waals surface area contributed by atoms with Gasteiger partial charge < -0.3 is 9.84 Å². The summed E-state index contributed by atoms with van der Waals surface area (Å²) < 4.78 is 39.6. The zero-order valence-corrected chi connectivity index (χ0v) is 18.5. The van der Waals surface area contributed by atoms with E-state index in [-0.39, 0.29) is 6.10 Å². The van der Waals surface area contributed by atoms with Gasteiger partial charge in [-0.3, -0.25) is 9.88 Å². The molecule has 3 aromatic heterocycles. The number of aliphatic carboxylic acids is 1. The van der Waals surface area contributed by atoms with Gasteiger partial charge >= 0.3 is 12.1 Å². The van der Waals surface area contributed by atoms with E-state index in [1.807, 2.05) is 41.2 Å². The fourth-order valence-corrected chi connectivity index (χ4v) is 3.71. The number of rotatable bonds is 4. The number of pyridine rings is 2. The first-order chi connectivity index (χ1) is 16.8. The van der Waals surface area contributed by atoms with Gasteiger partial charge in [-0.05, 0) is 23.3 Å².